The van der Waals surface area contributed by atoms with Crippen LogP contribution >= 0.6 is 0 Å². The molecule has 0 aliphatic rings. The quantitative estimate of drug-likeness (QED) is 0.328. The number of non-ortho nitro benzene ring substituents is 1. The number of H-pyrrole nitrogens is 1. The number of rotatable bonds is 4. The lowest BCUT2D eigenvalue weighted by molar-refractivity contribution is -0.384. The van der Waals surface area contributed by atoms with Crippen LogP contribution in [0, 0.1) is 10.1 Å². The van der Waals surface area contributed by atoms with Crippen LogP contribution in [0.3, 0.4) is 0 Å². The average molecular weight is 315 g/mol. The summed E-state index contributed by atoms with van der Waals surface area (Å²) in [5.41, 5.74) is 4.40. The number of hydrogen-bond acceptors (Lipinski definition) is 2. The summed E-state index contributed by atoms with van der Waals surface area (Å²) in [6.45, 7) is 0. The lowest BCUT2D eigenvalue weighted by Gasteiger charge is -2.21. The molecule has 4 aromatic rings. The van der Waals surface area contributed by atoms with E-state index in [-0.39, 0.29) is 16.5 Å². The fraction of sp³-hybridized carbons (Fsp3) is 0.0500. The highest BCUT2D eigenvalue weighted by atomic mass is 16.6. The fourth-order valence-electron chi connectivity index (χ4n) is 3.26. The minimum absolute atomic E-state index is 0.0388. The molecule has 0 amide bonds. The van der Waals surface area contributed by atoms with Crippen molar-refractivity contribution < 1.29 is 4.92 Å². The highest BCUT2D eigenvalue weighted by Gasteiger charge is 2.18. The molecule has 0 saturated heterocycles. The van der Waals surface area contributed by atoms with Gasteiger partial charge in [-0.3, -0.25) is 10.1 Å². The maximum absolute atomic E-state index is 11.1. The van der Waals surface area contributed by atoms with Crippen LogP contribution in [-0.2, 0) is 0 Å². The molecule has 4 nitrogen and oxygen atoms in total. The minimum Gasteiger partial charge on any atom is -0.361 e. The standard InChI is InChI=1S/C20H15N2O2/c23-22(24)16-10-11-19-17(12-16)18(13-21-19)20(15-8-4-5-9-15)14-6-2-1-3-7-14/h1-13,20-21H/q-1. The first-order valence-corrected chi connectivity index (χ1v) is 7.76. The summed E-state index contributed by atoms with van der Waals surface area (Å²) in [4.78, 5) is 14.0. The Morgan fingerprint density at radius 1 is 1.04 bits per heavy atom. The van der Waals surface area contributed by atoms with Crippen molar-refractivity contribution in [1.29, 1.82) is 0 Å². The topological polar surface area (TPSA) is 58.9 Å². The summed E-state index contributed by atoms with van der Waals surface area (Å²) >= 11 is 0. The summed E-state index contributed by atoms with van der Waals surface area (Å²) < 4.78 is 0. The maximum atomic E-state index is 11.1. The van der Waals surface area contributed by atoms with E-state index in [1.54, 1.807) is 12.1 Å². The number of hydrogen-bond donors (Lipinski definition) is 1. The van der Waals surface area contributed by atoms with E-state index in [1.807, 2.05) is 36.5 Å². The zero-order valence-corrected chi connectivity index (χ0v) is 12.8. The minimum atomic E-state index is -0.351. The van der Waals surface area contributed by atoms with Crippen LogP contribution in [0.2, 0.25) is 0 Å². The fourth-order valence-corrected chi connectivity index (χ4v) is 3.26. The van der Waals surface area contributed by atoms with Gasteiger partial charge in [0.1, 0.15) is 0 Å². The largest absolute Gasteiger partial charge is 0.361 e. The lowest BCUT2D eigenvalue weighted by atomic mass is 9.86. The van der Waals surface area contributed by atoms with Crippen LogP contribution in [-0.4, -0.2) is 9.91 Å². The second-order valence-electron chi connectivity index (χ2n) is 5.79. The van der Waals surface area contributed by atoms with Crippen molar-refractivity contribution in [3.05, 3.63) is 106 Å². The van der Waals surface area contributed by atoms with E-state index in [9.17, 15) is 10.1 Å². The predicted octanol–water partition coefficient (Wildman–Crippen LogP) is 4.98. The number of nitrogens with zero attached hydrogens (tertiary/aromatic N) is 1. The number of fused-ring (bicyclic) bond motifs is 1. The Bertz CT molecular complexity index is 985. The van der Waals surface area contributed by atoms with Gasteiger partial charge in [-0.1, -0.05) is 30.3 Å². The second-order valence-corrected chi connectivity index (χ2v) is 5.79. The summed E-state index contributed by atoms with van der Waals surface area (Å²) in [7, 11) is 0. The lowest BCUT2D eigenvalue weighted by Crippen LogP contribution is -2.01. The Morgan fingerprint density at radius 3 is 2.58 bits per heavy atom. The van der Waals surface area contributed by atoms with Crippen molar-refractivity contribution in [1.82, 2.24) is 4.98 Å². The molecule has 1 aromatic heterocycles. The molecule has 1 heterocycles. The van der Waals surface area contributed by atoms with E-state index in [4.69, 9.17) is 0 Å². The zero-order valence-electron chi connectivity index (χ0n) is 12.8. The SMILES string of the molecule is O=[N+]([O-])c1ccc2[nH]cc(C(c3ccccc3)c3cc[cH-]c3)c2c1. The Labute approximate surface area is 138 Å². The molecule has 4 rings (SSSR count). The third-order valence-electron chi connectivity index (χ3n) is 4.37. The Hall–Kier alpha value is -3.27. The van der Waals surface area contributed by atoms with Gasteiger partial charge in [-0.05, 0) is 23.1 Å². The van der Waals surface area contributed by atoms with Crippen LogP contribution < -0.4 is 0 Å². The first kappa shape index (κ1) is 14.3. The number of nitro benzene ring substituents is 1. The van der Waals surface area contributed by atoms with Crippen molar-refractivity contribution in [3.63, 3.8) is 0 Å². The first-order valence-electron chi connectivity index (χ1n) is 7.76. The Balaban J connectivity index is 1.94. The average Bonchev–Trinajstić information content (AvgIpc) is 3.26. The van der Waals surface area contributed by atoms with E-state index in [1.165, 1.54) is 11.6 Å². The Kier molecular flexibility index (Phi) is 3.43. The van der Waals surface area contributed by atoms with Gasteiger partial charge in [-0.15, -0.1) is 0 Å². The summed E-state index contributed by atoms with van der Waals surface area (Å²) in [5.74, 6) is 0.0388. The number of aromatic nitrogens is 1. The van der Waals surface area contributed by atoms with E-state index in [2.05, 4.69) is 29.2 Å². The van der Waals surface area contributed by atoms with E-state index >= 15 is 0 Å². The third kappa shape index (κ3) is 2.38. The first-order chi connectivity index (χ1) is 11.7. The van der Waals surface area contributed by atoms with Gasteiger partial charge < -0.3 is 4.98 Å². The van der Waals surface area contributed by atoms with Crippen LogP contribution in [0.4, 0.5) is 5.69 Å². The van der Waals surface area contributed by atoms with Crippen LogP contribution in [0.5, 0.6) is 0 Å². The predicted molar refractivity (Wildman–Crippen MR) is 94.4 cm³/mol. The van der Waals surface area contributed by atoms with Crippen molar-refractivity contribution in [2.75, 3.05) is 0 Å². The third-order valence-corrected chi connectivity index (χ3v) is 4.37. The molecular weight excluding hydrogens is 300 g/mol. The van der Waals surface area contributed by atoms with Crippen LogP contribution in [0.25, 0.3) is 10.9 Å². The summed E-state index contributed by atoms with van der Waals surface area (Å²) in [6.07, 6.45) is 1.96. The monoisotopic (exact) mass is 315 g/mol. The molecule has 24 heavy (non-hydrogen) atoms. The zero-order chi connectivity index (χ0) is 16.5. The van der Waals surface area contributed by atoms with Gasteiger partial charge >= 0.3 is 0 Å². The summed E-state index contributed by atoms with van der Waals surface area (Å²) in [6, 6.07) is 23.4. The number of nitro groups is 1. The number of nitrogens with one attached hydrogen (secondary N) is 1. The van der Waals surface area contributed by atoms with Gasteiger partial charge in [0.25, 0.3) is 5.69 Å². The van der Waals surface area contributed by atoms with Crippen molar-refractivity contribution >= 4 is 16.6 Å². The van der Waals surface area contributed by atoms with Gasteiger partial charge in [-0.2, -0.15) is 23.8 Å². The summed E-state index contributed by atoms with van der Waals surface area (Å²) in [5, 5.41) is 12.0. The molecule has 0 fully saturated rings. The van der Waals surface area contributed by atoms with E-state index < -0.39 is 0 Å². The molecule has 4 heteroatoms. The van der Waals surface area contributed by atoms with Crippen molar-refractivity contribution in [2.45, 2.75) is 5.92 Å². The van der Waals surface area contributed by atoms with E-state index in [0.717, 1.165) is 22.0 Å². The highest BCUT2D eigenvalue weighted by Crippen LogP contribution is 2.37. The van der Waals surface area contributed by atoms with Gasteiger partial charge in [0.2, 0.25) is 0 Å². The highest BCUT2D eigenvalue weighted by molar-refractivity contribution is 5.87. The van der Waals surface area contributed by atoms with Gasteiger partial charge in [0.15, 0.2) is 0 Å². The van der Waals surface area contributed by atoms with Crippen molar-refractivity contribution in [2.24, 2.45) is 0 Å². The molecule has 0 saturated carbocycles. The van der Waals surface area contributed by atoms with E-state index in [0.29, 0.717) is 0 Å². The maximum Gasteiger partial charge on any atom is 0.270 e. The molecule has 0 aliphatic carbocycles. The molecule has 0 aliphatic heterocycles. The smallest absolute Gasteiger partial charge is 0.270 e. The molecule has 0 spiro atoms. The molecule has 118 valence electrons. The van der Waals surface area contributed by atoms with Crippen LogP contribution in [0.15, 0.2) is 79.0 Å². The molecule has 1 atom stereocenters. The molecule has 1 unspecified atom stereocenters. The molecule has 0 radical (unpaired) electrons. The normalized spacial score (nSPS) is 12.3. The number of aromatic amines is 1. The Morgan fingerprint density at radius 2 is 1.88 bits per heavy atom. The van der Waals surface area contributed by atoms with Gasteiger partial charge in [-0.25, -0.2) is 6.07 Å². The molecule has 1 N–H and O–H groups in total. The molecular formula is C20H15N2O2-. The van der Waals surface area contributed by atoms with Crippen LogP contribution in [0.1, 0.15) is 22.6 Å². The second kappa shape index (κ2) is 5.74. The van der Waals surface area contributed by atoms with Crippen molar-refractivity contribution in [3.8, 4) is 0 Å². The number of benzene rings is 2. The van der Waals surface area contributed by atoms with Gasteiger partial charge in [0, 0.05) is 29.2 Å². The molecule has 0 bridgehead atoms. The molecule has 3 aromatic carbocycles. The van der Waals surface area contributed by atoms with Gasteiger partial charge in [0.05, 0.1) is 4.92 Å².